The van der Waals surface area contributed by atoms with E-state index in [0.29, 0.717) is 42.2 Å². The zero-order chi connectivity index (χ0) is 31.4. The summed E-state index contributed by atoms with van der Waals surface area (Å²) in [4.78, 5) is 27.0. The molecule has 3 aromatic rings. The normalized spacial score (nSPS) is 14.0. The predicted molar refractivity (Wildman–Crippen MR) is 179 cm³/mol. The van der Waals surface area contributed by atoms with E-state index in [-0.39, 0.29) is 29.9 Å². The van der Waals surface area contributed by atoms with E-state index in [1.54, 1.807) is 36.5 Å². The van der Waals surface area contributed by atoms with E-state index < -0.39 is 6.10 Å². The van der Waals surface area contributed by atoms with Crippen molar-refractivity contribution in [1.82, 2.24) is 21.3 Å². The number of aliphatic hydroxyl groups excluding tert-OH is 1. The number of benzene rings is 3. The summed E-state index contributed by atoms with van der Waals surface area (Å²) in [5, 5.41) is 23.5. The number of nitrogens with zero attached hydrogens (tertiary/aromatic N) is 1. The summed E-state index contributed by atoms with van der Waals surface area (Å²) >= 11 is 4.43. The summed E-state index contributed by atoms with van der Waals surface area (Å²) in [6.07, 6.45) is 0.0225. The molecule has 0 aliphatic carbocycles. The van der Waals surface area contributed by atoms with E-state index >= 15 is 0 Å². The van der Waals surface area contributed by atoms with Crippen LogP contribution in [0.4, 0.5) is 5.69 Å². The Morgan fingerprint density at radius 3 is 1.95 bits per heavy atom. The topological polar surface area (TPSA) is 106 Å². The second-order valence-electron chi connectivity index (χ2n) is 11.6. The third kappa shape index (κ3) is 11.3. The minimum Gasteiger partial charge on any atom is -0.392 e. The van der Waals surface area contributed by atoms with Gasteiger partial charge in [0.25, 0.3) is 11.8 Å². The molecule has 232 valence electrons. The van der Waals surface area contributed by atoms with Crippen LogP contribution in [-0.4, -0.2) is 61.8 Å². The van der Waals surface area contributed by atoms with Crippen LogP contribution in [0, 0.1) is 5.92 Å². The van der Waals surface area contributed by atoms with E-state index in [1.165, 1.54) is 0 Å². The zero-order valence-electron chi connectivity index (χ0n) is 25.9. The van der Waals surface area contributed by atoms with E-state index in [4.69, 9.17) is 0 Å². The minimum atomic E-state index is -0.574. The first-order chi connectivity index (χ1) is 20.5. The summed E-state index contributed by atoms with van der Waals surface area (Å²) in [5.74, 6) is -0.0737. The molecule has 0 bridgehead atoms. The highest BCUT2D eigenvalue weighted by atomic mass is 32.1. The maximum atomic E-state index is 13.7. The fourth-order valence-corrected chi connectivity index (χ4v) is 4.86. The molecule has 5 N–H and O–H groups in total. The average molecular weight is 606 g/mol. The van der Waals surface area contributed by atoms with Gasteiger partial charge in [0.05, 0.1) is 12.1 Å². The second-order valence-corrected chi connectivity index (χ2v) is 12.2. The van der Waals surface area contributed by atoms with Crippen molar-refractivity contribution in [3.8, 4) is 0 Å². The summed E-state index contributed by atoms with van der Waals surface area (Å²) < 4.78 is 1.58. The molecule has 3 rings (SSSR count). The van der Waals surface area contributed by atoms with Crippen molar-refractivity contribution in [3.05, 3.63) is 101 Å². The van der Waals surface area contributed by atoms with Crippen molar-refractivity contribution >= 4 is 30.3 Å². The molecule has 0 saturated heterocycles. The Balaban J connectivity index is 1.79. The summed E-state index contributed by atoms with van der Waals surface area (Å²) in [7, 11) is 1.75. The van der Waals surface area contributed by atoms with Crippen LogP contribution in [0.5, 0.6) is 0 Å². The van der Waals surface area contributed by atoms with Gasteiger partial charge in [-0.2, -0.15) is 0 Å². The van der Waals surface area contributed by atoms with Crippen molar-refractivity contribution < 1.29 is 14.7 Å². The summed E-state index contributed by atoms with van der Waals surface area (Å²) in [5.41, 5.74) is 3.42. The van der Waals surface area contributed by atoms with Gasteiger partial charge in [0.15, 0.2) is 0 Å². The lowest BCUT2D eigenvalue weighted by Gasteiger charge is -2.27. The van der Waals surface area contributed by atoms with Crippen LogP contribution in [0.2, 0.25) is 0 Å². The van der Waals surface area contributed by atoms with Crippen LogP contribution in [-0.2, 0) is 6.42 Å². The third-order valence-corrected chi connectivity index (χ3v) is 7.48. The van der Waals surface area contributed by atoms with Crippen molar-refractivity contribution in [2.45, 2.75) is 58.3 Å². The van der Waals surface area contributed by atoms with Crippen molar-refractivity contribution in [2.75, 3.05) is 31.0 Å². The Hall–Kier alpha value is -3.37. The molecule has 0 heterocycles. The average Bonchev–Trinajstić information content (AvgIpc) is 2.99. The molecule has 0 fully saturated rings. The molecule has 4 atom stereocenters. The first-order valence-electron chi connectivity index (χ1n) is 14.9. The standard InChI is InChI=1S/C34H47N5O3S/c1-23(2)20-35-22-32(25(4)40)36-21-30(16-26-12-8-6-9-13-26)38-34(42)29-17-28(18-31(19-29)39(5)43)33(41)37-24(3)27-14-10-7-11-15-27/h6-15,17-19,23-25,30,32,35-36,40,43H,16,20-22H2,1-5H3,(H,37,41)(H,38,42)/t24-,25+,30+,32-/m1/s1. The Kier molecular flexibility index (Phi) is 13.5. The van der Waals surface area contributed by atoms with Gasteiger partial charge in [-0.1, -0.05) is 87.3 Å². The first kappa shape index (κ1) is 34.1. The molecule has 0 saturated carbocycles. The van der Waals surface area contributed by atoms with E-state index in [9.17, 15) is 14.7 Å². The molecule has 8 nitrogen and oxygen atoms in total. The number of carbonyl (C=O) groups excluding carboxylic acids is 2. The third-order valence-electron chi connectivity index (χ3n) is 7.25. The van der Waals surface area contributed by atoms with Crippen LogP contribution in [0.25, 0.3) is 0 Å². The highest BCUT2D eigenvalue weighted by Gasteiger charge is 2.21. The Morgan fingerprint density at radius 1 is 0.814 bits per heavy atom. The smallest absolute Gasteiger partial charge is 0.251 e. The number of thiol groups is 1. The highest BCUT2D eigenvalue weighted by Crippen LogP contribution is 2.21. The molecule has 0 aliphatic rings. The molecule has 0 radical (unpaired) electrons. The lowest BCUT2D eigenvalue weighted by molar-refractivity contribution is 0.0932. The SMILES string of the molecule is CC(C)CNC[C@@H](NC[C@H](Cc1ccccc1)NC(=O)c1cc(C(=O)N[C@H](C)c2ccccc2)cc(N(C)S)c1)[C@H](C)O. The van der Waals surface area contributed by atoms with Gasteiger partial charge in [0.2, 0.25) is 0 Å². The maximum absolute atomic E-state index is 13.7. The highest BCUT2D eigenvalue weighted by molar-refractivity contribution is 7.81. The summed E-state index contributed by atoms with van der Waals surface area (Å²) in [6.45, 7) is 9.89. The van der Waals surface area contributed by atoms with Gasteiger partial charge in [-0.3, -0.25) is 9.59 Å². The molecular formula is C34H47N5O3S. The number of aliphatic hydroxyl groups is 1. The van der Waals surface area contributed by atoms with Crippen molar-refractivity contribution in [1.29, 1.82) is 0 Å². The van der Waals surface area contributed by atoms with Gasteiger partial charge in [-0.15, -0.1) is 0 Å². The van der Waals surface area contributed by atoms with Gasteiger partial charge in [0.1, 0.15) is 0 Å². The fourth-order valence-electron chi connectivity index (χ4n) is 4.74. The molecule has 0 unspecified atom stereocenters. The number of anilines is 1. The minimum absolute atomic E-state index is 0.183. The largest absolute Gasteiger partial charge is 0.392 e. The fraction of sp³-hybridized carbons (Fsp3) is 0.412. The molecule has 43 heavy (non-hydrogen) atoms. The quantitative estimate of drug-likeness (QED) is 0.135. The van der Waals surface area contributed by atoms with Crippen LogP contribution in [0.15, 0.2) is 78.9 Å². The Labute approximate surface area is 262 Å². The second kappa shape index (κ2) is 17.1. The molecule has 0 aliphatic heterocycles. The molecule has 0 spiro atoms. The number of hydrogen-bond acceptors (Lipinski definition) is 7. The number of amides is 2. The van der Waals surface area contributed by atoms with E-state index in [2.05, 4.69) is 47.9 Å². The van der Waals surface area contributed by atoms with Crippen LogP contribution in [0.3, 0.4) is 0 Å². The molecule has 9 heteroatoms. The van der Waals surface area contributed by atoms with Gasteiger partial charge >= 0.3 is 0 Å². The predicted octanol–water partition coefficient (Wildman–Crippen LogP) is 4.38. The van der Waals surface area contributed by atoms with Crippen LogP contribution >= 0.6 is 12.8 Å². The van der Waals surface area contributed by atoms with Gasteiger partial charge in [-0.25, -0.2) is 0 Å². The monoisotopic (exact) mass is 605 g/mol. The number of nitrogens with one attached hydrogen (secondary N) is 4. The Morgan fingerprint density at radius 2 is 1.40 bits per heavy atom. The number of rotatable bonds is 16. The molecule has 0 aromatic heterocycles. The lowest BCUT2D eigenvalue weighted by atomic mass is 10.0. The maximum Gasteiger partial charge on any atom is 0.251 e. The summed E-state index contributed by atoms with van der Waals surface area (Å²) in [6, 6.07) is 24.1. The van der Waals surface area contributed by atoms with Crippen LogP contribution < -0.4 is 25.6 Å². The molecule has 3 aromatic carbocycles. The van der Waals surface area contributed by atoms with Gasteiger partial charge < -0.3 is 30.7 Å². The van der Waals surface area contributed by atoms with E-state index in [1.807, 2.05) is 67.6 Å². The van der Waals surface area contributed by atoms with Crippen LogP contribution in [0.1, 0.15) is 65.6 Å². The number of carbonyl (C=O) groups is 2. The first-order valence-corrected chi connectivity index (χ1v) is 15.3. The number of hydrogen-bond donors (Lipinski definition) is 6. The van der Waals surface area contributed by atoms with E-state index in [0.717, 1.165) is 17.7 Å². The van der Waals surface area contributed by atoms with Gasteiger partial charge in [-0.05, 0) is 62.1 Å². The van der Waals surface area contributed by atoms with Gasteiger partial charge in [0, 0.05) is 49.0 Å². The van der Waals surface area contributed by atoms with Crippen molar-refractivity contribution in [3.63, 3.8) is 0 Å². The Bertz CT molecular complexity index is 1290. The molecular weight excluding hydrogens is 558 g/mol. The molecule has 2 amide bonds. The van der Waals surface area contributed by atoms with Crippen molar-refractivity contribution in [2.24, 2.45) is 5.92 Å². The lowest BCUT2D eigenvalue weighted by Crippen LogP contribution is -2.52. The zero-order valence-corrected chi connectivity index (χ0v) is 26.8.